The van der Waals surface area contributed by atoms with E-state index in [1.807, 2.05) is 48.5 Å². The third-order valence-electron chi connectivity index (χ3n) is 5.79. The average molecular weight is 342 g/mol. The Kier molecular flexibility index (Phi) is 3.09. The monoisotopic (exact) mass is 342 g/mol. The Balaban J connectivity index is 1.86. The van der Waals surface area contributed by atoms with Crippen molar-refractivity contribution in [2.45, 2.75) is 26.7 Å². The molecule has 4 heteroatoms. The van der Waals surface area contributed by atoms with Crippen molar-refractivity contribution in [1.82, 2.24) is 0 Å². The van der Waals surface area contributed by atoms with Gasteiger partial charge < -0.3 is 10.3 Å². The number of rotatable bonds is 0. The van der Waals surface area contributed by atoms with E-state index in [-0.39, 0.29) is 0 Å². The quantitative estimate of drug-likeness (QED) is 0.579. The van der Waals surface area contributed by atoms with Crippen LogP contribution in [0.5, 0.6) is 0 Å². The molecule has 2 aromatic rings. The molecule has 2 aliphatic heterocycles. The molecule has 0 saturated heterocycles. The number of hydroxylamine groups is 1. The van der Waals surface area contributed by atoms with Gasteiger partial charge in [0.05, 0.1) is 10.3 Å². The lowest BCUT2D eigenvalue weighted by Gasteiger charge is -2.42. The van der Waals surface area contributed by atoms with Crippen LogP contribution >= 0.6 is 0 Å². The van der Waals surface area contributed by atoms with Crippen LogP contribution in [0.4, 0.5) is 11.4 Å². The summed E-state index contributed by atoms with van der Waals surface area (Å²) in [4.78, 5) is 13.3. The summed E-state index contributed by atoms with van der Waals surface area (Å²) in [6.07, 6.45) is 1.56. The van der Waals surface area contributed by atoms with E-state index >= 15 is 0 Å². The molecule has 0 atom stereocenters. The van der Waals surface area contributed by atoms with E-state index in [2.05, 4.69) is 13.8 Å². The van der Waals surface area contributed by atoms with Gasteiger partial charge in [-0.1, -0.05) is 30.3 Å². The van der Waals surface area contributed by atoms with E-state index in [9.17, 15) is 10.1 Å². The number of nitrogens with zero attached hydrogens (tertiary/aromatic N) is 2. The Morgan fingerprint density at radius 3 is 2.31 bits per heavy atom. The number of allylic oxidation sites excluding steroid dienone is 4. The first kappa shape index (κ1) is 15.3. The van der Waals surface area contributed by atoms with Gasteiger partial charge in [-0.3, -0.25) is 0 Å². The molecule has 0 aromatic heterocycles. The molecule has 0 radical (unpaired) electrons. The molecule has 128 valence electrons. The predicted octanol–water partition coefficient (Wildman–Crippen LogP) is 5.68. The van der Waals surface area contributed by atoms with Gasteiger partial charge in [-0.15, -0.1) is 0 Å². The number of benzene rings is 2. The van der Waals surface area contributed by atoms with Crippen LogP contribution in [-0.2, 0) is 0 Å². The van der Waals surface area contributed by atoms with Gasteiger partial charge in [0, 0.05) is 27.8 Å². The zero-order chi connectivity index (χ0) is 18.0. The molecule has 26 heavy (non-hydrogen) atoms. The fourth-order valence-electron chi connectivity index (χ4n) is 4.44. The van der Waals surface area contributed by atoms with Gasteiger partial charge in [0.25, 0.3) is 11.4 Å². The molecule has 0 saturated carbocycles. The summed E-state index contributed by atoms with van der Waals surface area (Å²) in [5.74, 6) is 0. The van der Waals surface area contributed by atoms with Crippen molar-refractivity contribution in [2.75, 3.05) is 5.06 Å². The second kappa shape index (κ2) is 5.26. The number of nitroso groups, excluding NO2 is 1. The van der Waals surface area contributed by atoms with E-state index in [0.717, 1.165) is 56.1 Å². The average Bonchev–Trinajstić information content (AvgIpc) is 2.69. The van der Waals surface area contributed by atoms with Crippen molar-refractivity contribution in [3.05, 3.63) is 92.3 Å². The normalized spacial score (nSPS) is 18.6. The summed E-state index contributed by atoms with van der Waals surface area (Å²) in [6.45, 7) is 4.10. The molecule has 0 fully saturated rings. The van der Waals surface area contributed by atoms with Crippen molar-refractivity contribution in [3.63, 3.8) is 0 Å². The van der Waals surface area contributed by atoms with Crippen LogP contribution in [0, 0.1) is 10.1 Å². The van der Waals surface area contributed by atoms with Gasteiger partial charge in [-0.05, 0) is 55.5 Å². The second-order valence-electron chi connectivity index (χ2n) is 7.03. The van der Waals surface area contributed by atoms with Gasteiger partial charge in [0.1, 0.15) is 5.70 Å². The van der Waals surface area contributed by atoms with Crippen LogP contribution in [0.3, 0.4) is 0 Å². The molecule has 1 aliphatic carbocycles. The van der Waals surface area contributed by atoms with Gasteiger partial charge in [-0.2, -0.15) is 0 Å². The highest BCUT2D eigenvalue weighted by Crippen LogP contribution is 2.51. The molecule has 2 aromatic carbocycles. The fraction of sp³-hybridized carbons (Fsp3) is 0.182. The van der Waals surface area contributed by atoms with E-state index in [1.165, 1.54) is 0 Å². The van der Waals surface area contributed by atoms with Crippen LogP contribution in [0.25, 0.3) is 11.1 Å². The second-order valence-corrected chi connectivity index (χ2v) is 7.03. The highest BCUT2D eigenvalue weighted by Gasteiger charge is 2.43. The first-order valence-corrected chi connectivity index (χ1v) is 8.87. The number of hydrogen-bond donors (Lipinski definition) is 0. The van der Waals surface area contributed by atoms with Crippen LogP contribution < -0.4 is 5.06 Å². The SMILES string of the molecule is CC1=C2CCC3=C(C)c4ccccc4[N+](=O)C3=C2N([O-])c2ccccc21. The number of anilines is 1. The standard InChI is InChI=1S/C22H18N2O2/c1-13-15-7-3-5-9-19(15)23(25)21-17(13)11-12-18-14(2)16-8-4-6-10-20(16)24(26)22(18)21/h3-10H,11-12H2,1-2H3. The van der Waals surface area contributed by atoms with Crippen LogP contribution in [0.1, 0.15) is 37.8 Å². The lowest BCUT2D eigenvalue weighted by molar-refractivity contribution is -0.406. The maximum Gasteiger partial charge on any atom is 0.289 e. The lowest BCUT2D eigenvalue weighted by atomic mass is 9.79. The smallest absolute Gasteiger partial charge is 0.289 e. The van der Waals surface area contributed by atoms with E-state index < -0.39 is 0 Å². The molecular formula is C22H18N2O2. The van der Waals surface area contributed by atoms with Crippen molar-refractivity contribution in [1.29, 1.82) is 0 Å². The van der Waals surface area contributed by atoms with Crippen LogP contribution in [-0.4, -0.2) is 4.76 Å². The molecule has 0 amide bonds. The zero-order valence-corrected chi connectivity index (χ0v) is 14.7. The summed E-state index contributed by atoms with van der Waals surface area (Å²) in [5, 5.41) is 14.2. The number of fused-ring (bicyclic) bond motifs is 4. The Hall–Kier alpha value is -2.98. The minimum absolute atomic E-state index is 0.520. The summed E-state index contributed by atoms with van der Waals surface area (Å²) >= 11 is 0. The van der Waals surface area contributed by atoms with E-state index in [4.69, 9.17) is 0 Å². The molecule has 3 aliphatic rings. The summed E-state index contributed by atoms with van der Waals surface area (Å²) in [6, 6.07) is 15.2. The van der Waals surface area contributed by atoms with Gasteiger partial charge >= 0.3 is 0 Å². The molecule has 5 rings (SSSR count). The largest absolute Gasteiger partial charge is 0.754 e. The fourth-order valence-corrected chi connectivity index (χ4v) is 4.44. The topological polar surface area (TPSA) is 46.4 Å². The molecule has 0 spiro atoms. The molecule has 0 unspecified atom stereocenters. The van der Waals surface area contributed by atoms with Crippen LogP contribution in [0.2, 0.25) is 0 Å². The van der Waals surface area contributed by atoms with Crippen molar-refractivity contribution in [2.24, 2.45) is 0 Å². The third kappa shape index (κ3) is 1.82. The lowest BCUT2D eigenvalue weighted by Crippen LogP contribution is -2.30. The van der Waals surface area contributed by atoms with Gasteiger partial charge in [-0.25, -0.2) is 0 Å². The molecule has 0 bridgehead atoms. The highest BCUT2D eigenvalue weighted by atomic mass is 16.5. The Bertz CT molecular complexity index is 1090. The van der Waals surface area contributed by atoms with Crippen molar-refractivity contribution in [3.8, 4) is 0 Å². The summed E-state index contributed by atoms with van der Waals surface area (Å²) in [7, 11) is 0. The maximum absolute atomic E-state index is 13.3. The van der Waals surface area contributed by atoms with Gasteiger partial charge in [0.15, 0.2) is 0 Å². The Morgan fingerprint density at radius 1 is 0.885 bits per heavy atom. The van der Waals surface area contributed by atoms with Crippen molar-refractivity contribution < 1.29 is 4.76 Å². The van der Waals surface area contributed by atoms with E-state index in [0.29, 0.717) is 22.8 Å². The van der Waals surface area contributed by atoms with Gasteiger partial charge in [0.2, 0.25) is 0 Å². The maximum atomic E-state index is 13.3. The highest BCUT2D eigenvalue weighted by molar-refractivity contribution is 5.89. The molecule has 0 N–H and O–H groups in total. The third-order valence-corrected chi connectivity index (χ3v) is 5.79. The minimum Gasteiger partial charge on any atom is -0.754 e. The molecule has 2 heterocycles. The first-order valence-electron chi connectivity index (χ1n) is 8.87. The summed E-state index contributed by atoms with van der Waals surface area (Å²) < 4.78 is 0.957. The number of para-hydroxylation sites is 2. The summed E-state index contributed by atoms with van der Waals surface area (Å²) in [5.41, 5.74) is 8.36. The first-order chi connectivity index (χ1) is 12.6. The predicted molar refractivity (Wildman–Crippen MR) is 103 cm³/mol. The molecular weight excluding hydrogens is 324 g/mol. The van der Waals surface area contributed by atoms with Crippen LogP contribution in [0.15, 0.2) is 71.1 Å². The molecule has 4 nitrogen and oxygen atoms in total. The van der Waals surface area contributed by atoms with E-state index in [1.54, 1.807) is 0 Å². The number of hydrogen-bond acceptors (Lipinski definition) is 3. The Labute approximate surface area is 151 Å². The zero-order valence-electron chi connectivity index (χ0n) is 14.7. The van der Waals surface area contributed by atoms with Crippen molar-refractivity contribution >= 4 is 22.5 Å². The minimum atomic E-state index is 0.520. The Morgan fingerprint density at radius 2 is 1.50 bits per heavy atom.